The lowest BCUT2D eigenvalue weighted by Crippen LogP contribution is -2.51. The molecule has 0 atom stereocenters. The number of rotatable bonds is 3. The maximum atomic E-state index is 12.3. The van der Waals surface area contributed by atoms with Crippen LogP contribution in [0.4, 0.5) is 10.5 Å². The first-order valence-electron chi connectivity index (χ1n) is 9.53. The molecular weight excluding hydrogens is 396 g/mol. The molecule has 2 aliphatic heterocycles. The van der Waals surface area contributed by atoms with Crippen LogP contribution in [0.15, 0.2) is 24.7 Å². The number of carbonyl (C=O) groups excluding carboxylic acids is 1. The molecule has 0 spiro atoms. The van der Waals surface area contributed by atoms with E-state index in [0.717, 1.165) is 28.0 Å². The van der Waals surface area contributed by atoms with Gasteiger partial charge in [0.15, 0.2) is 6.10 Å². The Kier molecular flexibility index (Phi) is 4.56. The van der Waals surface area contributed by atoms with Crippen molar-refractivity contribution < 1.29 is 14.3 Å². The molecule has 5 rings (SSSR count). The van der Waals surface area contributed by atoms with Crippen LogP contribution in [0.5, 0.6) is 0 Å². The zero-order chi connectivity index (χ0) is 20.0. The van der Waals surface area contributed by atoms with Gasteiger partial charge in [0.05, 0.1) is 41.2 Å². The Bertz CT molecular complexity index is 1050. The highest BCUT2D eigenvalue weighted by Crippen LogP contribution is 2.39. The van der Waals surface area contributed by atoms with Gasteiger partial charge in [0.25, 0.3) is 0 Å². The summed E-state index contributed by atoms with van der Waals surface area (Å²) in [5.74, 6) is 0. The van der Waals surface area contributed by atoms with Crippen molar-refractivity contribution in [1.82, 2.24) is 24.6 Å². The second kappa shape index (κ2) is 7.23. The molecule has 29 heavy (non-hydrogen) atoms. The quantitative estimate of drug-likeness (QED) is 0.704. The Morgan fingerprint density at radius 1 is 1.31 bits per heavy atom. The number of aromatic amines is 1. The third kappa shape index (κ3) is 3.30. The summed E-state index contributed by atoms with van der Waals surface area (Å²) in [6, 6.07) is 1.97. The first-order valence-corrected chi connectivity index (χ1v) is 9.91. The summed E-state index contributed by atoms with van der Waals surface area (Å²) in [6.07, 6.45) is 5.08. The monoisotopic (exact) mass is 416 g/mol. The minimum absolute atomic E-state index is 0.107. The van der Waals surface area contributed by atoms with E-state index in [4.69, 9.17) is 21.1 Å². The number of nitrogens with one attached hydrogen (secondary N) is 1. The predicted molar refractivity (Wildman–Crippen MR) is 108 cm³/mol. The number of fused-ring (bicyclic) bond motifs is 1. The Morgan fingerprint density at radius 3 is 2.76 bits per heavy atom. The van der Waals surface area contributed by atoms with E-state index in [2.05, 4.69) is 20.0 Å². The highest BCUT2D eigenvalue weighted by molar-refractivity contribution is 6.39. The number of halogens is 1. The molecule has 10 heteroatoms. The number of ether oxygens (including phenoxy) is 2. The van der Waals surface area contributed by atoms with E-state index in [1.165, 1.54) is 0 Å². The van der Waals surface area contributed by atoms with Gasteiger partial charge >= 0.3 is 6.09 Å². The number of H-pyrrole nitrogens is 1. The van der Waals surface area contributed by atoms with E-state index in [0.29, 0.717) is 44.4 Å². The number of nitrogens with zero attached hydrogens (tertiary/aromatic N) is 5. The first kappa shape index (κ1) is 18.3. The zero-order valence-corrected chi connectivity index (χ0v) is 16.7. The van der Waals surface area contributed by atoms with Crippen molar-refractivity contribution in [3.63, 3.8) is 0 Å². The number of hydrogen-bond acceptors (Lipinski definition) is 6. The van der Waals surface area contributed by atoms with Crippen LogP contribution in [0, 0.1) is 0 Å². The van der Waals surface area contributed by atoms with Gasteiger partial charge in [0.1, 0.15) is 5.65 Å². The first-order chi connectivity index (χ1) is 14.1. The molecule has 0 aliphatic carbocycles. The molecule has 3 aromatic heterocycles. The molecular formula is C19H21ClN6O3. The highest BCUT2D eigenvalue weighted by atomic mass is 35.5. The fourth-order valence-corrected chi connectivity index (χ4v) is 4.05. The fourth-order valence-electron chi connectivity index (χ4n) is 3.70. The number of anilines is 1. The highest BCUT2D eigenvalue weighted by Gasteiger charge is 2.29. The van der Waals surface area contributed by atoms with Crippen LogP contribution in [0.3, 0.4) is 0 Å². The molecule has 2 fully saturated rings. The second-order valence-corrected chi connectivity index (χ2v) is 7.67. The number of pyridine rings is 1. The number of amides is 1. The molecule has 1 amide bonds. The number of hydrogen-bond donors (Lipinski definition) is 1. The third-order valence-corrected chi connectivity index (χ3v) is 5.74. The molecule has 2 aliphatic rings. The summed E-state index contributed by atoms with van der Waals surface area (Å²) < 4.78 is 12.2. The van der Waals surface area contributed by atoms with Gasteiger partial charge in [-0.1, -0.05) is 11.6 Å². The lowest BCUT2D eigenvalue weighted by Gasteiger charge is -2.37. The lowest BCUT2D eigenvalue weighted by molar-refractivity contribution is -0.104. The zero-order valence-electron chi connectivity index (χ0n) is 16.0. The number of piperazine rings is 1. The molecule has 3 aromatic rings. The maximum absolute atomic E-state index is 12.3. The largest absolute Gasteiger partial charge is 0.441 e. The molecule has 0 radical (unpaired) electrons. The van der Waals surface area contributed by atoms with E-state index >= 15 is 0 Å². The predicted octanol–water partition coefficient (Wildman–Crippen LogP) is 2.27. The van der Waals surface area contributed by atoms with Crippen molar-refractivity contribution in [2.24, 2.45) is 7.05 Å². The van der Waals surface area contributed by atoms with Crippen molar-refractivity contribution in [3.05, 3.63) is 29.7 Å². The molecule has 152 valence electrons. The van der Waals surface area contributed by atoms with E-state index in [1.807, 2.05) is 19.3 Å². The van der Waals surface area contributed by atoms with E-state index in [-0.39, 0.29) is 12.2 Å². The van der Waals surface area contributed by atoms with Crippen molar-refractivity contribution >= 4 is 34.4 Å². The van der Waals surface area contributed by atoms with Gasteiger partial charge in [-0.3, -0.25) is 4.68 Å². The molecule has 5 heterocycles. The van der Waals surface area contributed by atoms with Gasteiger partial charge in [-0.2, -0.15) is 5.10 Å². The summed E-state index contributed by atoms with van der Waals surface area (Å²) >= 11 is 6.75. The average molecular weight is 417 g/mol. The van der Waals surface area contributed by atoms with Gasteiger partial charge < -0.3 is 24.3 Å². The van der Waals surface area contributed by atoms with E-state index < -0.39 is 0 Å². The van der Waals surface area contributed by atoms with Crippen LogP contribution in [0.25, 0.3) is 22.3 Å². The van der Waals surface area contributed by atoms with Gasteiger partial charge in [0.2, 0.25) is 0 Å². The summed E-state index contributed by atoms with van der Waals surface area (Å²) in [5, 5.41) is 5.73. The lowest BCUT2D eigenvalue weighted by atomic mass is 10.2. The molecule has 0 bridgehead atoms. The normalized spacial score (nSPS) is 17.6. The van der Waals surface area contributed by atoms with Crippen LogP contribution < -0.4 is 4.90 Å². The standard InChI is InChI=1S/C19H21ClN6O3/c1-24-9-12(8-22-24)17-16(20)15-14(2-3-21-18(15)23-17)25-4-6-26(7-5-25)19(27)29-13-10-28-11-13/h2-3,8-9,13H,4-7,10-11H2,1H3,(H,21,23). The van der Waals surface area contributed by atoms with Crippen LogP contribution in [-0.4, -0.2) is 76.2 Å². The molecule has 1 N–H and O–H groups in total. The number of aryl methyl sites for hydroxylation is 1. The topological polar surface area (TPSA) is 88.5 Å². The van der Waals surface area contributed by atoms with Crippen LogP contribution in [-0.2, 0) is 16.5 Å². The number of carbonyl (C=O) groups is 1. The molecule has 0 unspecified atom stereocenters. The smallest absolute Gasteiger partial charge is 0.410 e. The minimum atomic E-state index is -0.267. The Hall–Kier alpha value is -2.78. The van der Waals surface area contributed by atoms with E-state index in [9.17, 15) is 4.79 Å². The van der Waals surface area contributed by atoms with E-state index in [1.54, 1.807) is 22.0 Å². The summed E-state index contributed by atoms with van der Waals surface area (Å²) in [7, 11) is 1.87. The second-order valence-electron chi connectivity index (χ2n) is 7.29. The minimum Gasteiger partial charge on any atom is -0.441 e. The van der Waals surface area contributed by atoms with Crippen molar-refractivity contribution in [1.29, 1.82) is 0 Å². The SMILES string of the molecule is Cn1cc(-c2[nH]c3nccc(N4CCN(C(=O)OC5COC5)CC4)c3c2Cl)cn1. The molecule has 0 saturated carbocycles. The van der Waals surface area contributed by atoms with Gasteiger partial charge in [-0.25, -0.2) is 9.78 Å². The summed E-state index contributed by atoms with van der Waals surface area (Å²) in [4.78, 5) is 24.0. The van der Waals surface area contributed by atoms with Gasteiger partial charge in [-0.15, -0.1) is 0 Å². The van der Waals surface area contributed by atoms with Crippen molar-refractivity contribution in [2.75, 3.05) is 44.3 Å². The molecule has 0 aromatic carbocycles. The van der Waals surface area contributed by atoms with Crippen LogP contribution in [0.2, 0.25) is 5.02 Å². The average Bonchev–Trinajstić information content (AvgIpc) is 3.28. The van der Waals surface area contributed by atoms with Gasteiger partial charge in [-0.05, 0) is 6.07 Å². The Labute approximate surface area is 172 Å². The van der Waals surface area contributed by atoms with Crippen molar-refractivity contribution in [3.8, 4) is 11.3 Å². The summed E-state index contributed by atoms with van der Waals surface area (Å²) in [6.45, 7) is 3.55. The molecule has 9 nitrogen and oxygen atoms in total. The van der Waals surface area contributed by atoms with Crippen molar-refractivity contribution in [2.45, 2.75) is 6.10 Å². The van der Waals surface area contributed by atoms with Crippen LogP contribution >= 0.6 is 11.6 Å². The fraction of sp³-hybridized carbons (Fsp3) is 0.421. The molecule has 2 saturated heterocycles. The third-order valence-electron chi connectivity index (χ3n) is 5.36. The maximum Gasteiger partial charge on any atom is 0.410 e. The Balaban J connectivity index is 1.37. The van der Waals surface area contributed by atoms with Gasteiger partial charge in [0, 0.05) is 51.2 Å². The van der Waals surface area contributed by atoms with Crippen LogP contribution in [0.1, 0.15) is 0 Å². The summed E-state index contributed by atoms with van der Waals surface area (Å²) in [5.41, 5.74) is 3.46. The number of aromatic nitrogens is 4. The Morgan fingerprint density at radius 2 is 2.10 bits per heavy atom.